The first-order chi connectivity index (χ1) is 7.78. The van der Waals surface area contributed by atoms with E-state index in [0.29, 0.717) is 11.2 Å². The van der Waals surface area contributed by atoms with Gasteiger partial charge in [0.05, 0.1) is 0 Å². The number of aromatic nitrogens is 1. The van der Waals surface area contributed by atoms with Crippen molar-refractivity contribution in [2.24, 2.45) is 0 Å². The van der Waals surface area contributed by atoms with Gasteiger partial charge in [0.15, 0.2) is 0 Å². The second kappa shape index (κ2) is 5.78. The quantitative estimate of drug-likeness (QED) is 0.833. The number of nitrogens with one attached hydrogen (secondary N) is 1. The topological polar surface area (TPSA) is 24.9 Å². The number of nitrogens with zero attached hydrogens (tertiary/aromatic N) is 1. The lowest BCUT2D eigenvalue weighted by Gasteiger charge is -2.29. The van der Waals surface area contributed by atoms with Crippen molar-refractivity contribution >= 4 is 29.2 Å². The molecule has 0 aromatic carbocycles. The van der Waals surface area contributed by atoms with E-state index in [4.69, 9.17) is 11.6 Å². The van der Waals surface area contributed by atoms with Gasteiger partial charge in [-0.3, -0.25) is 0 Å². The summed E-state index contributed by atoms with van der Waals surface area (Å²) >= 11 is 7.84. The van der Waals surface area contributed by atoms with E-state index in [1.807, 2.05) is 23.9 Å². The third-order valence-electron chi connectivity index (χ3n) is 3.03. The Kier molecular flexibility index (Phi) is 4.36. The summed E-state index contributed by atoms with van der Waals surface area (Å²) in [5.74, 6) is 0.902. The summed E-state index contributed by atoms with van der Waals surface area (Å²) in [7, 11) is 0. The molecule has 2 nitrogen and oxygen atoms in total. The van der Waals surface area contributed by atoms with E-state index in [0.717, 1.165) is 11.1 Å². The number of hydrogen-bond acceptors (Lipinski definition) is 3. The molecule has 1 aromatic heterocycles. The first-order valence-electron chi connectivity index (χ1n) is 5.70. The van der Waals surface area contributed by atoms with Crippen LogP contribution in [0.15, 0.2) is 18.2 Å². The van der Waals surface area contributed by atoms with E-state index in [2.05, 4.69) is 16.6 Å². The Balaban J connectivity index is 1.94. The fraction of sp³-hybridized carbons (Fsp3) is 0.583. The number of rotatable bonds is 3. The highest BCUT2D eigenvalue weighted by atomic mass is 35.5. The Labute approximate surface area is 106 Å². The molecule has 2 atom stereocenters. The predicted octanol–water partition coefficient (Wildman–Crippen LogP) is 3.82. The molecule has 88 valence electrons. The van der Waals surface area contributed by atoms with Crippen molar-refractivity contribution in [2.45, 2.75) is 37.0 Å². The molecule has 1 aromatic rings. The molecule has 0 saturated heterocycles. The van der Waals surface area contributed by atoms with Gasteiger partial charge >= 0.3 is 0 Å². The summed E-state index contributed by atoms with van der Waals surface area (Å²) in [4.78, 5) is 4.27. The molecule has 1 aliphatic rings. The van der Waals surface area contributed by atoms with Crippen LogP contribution in [0.2, 0.25) is 5.15 Å². The monoisotopic (exact) mass is 256 g/mol. The summed E-state index contributed by atoms with van der Waals surface area (Å²) < 4.78 is 0. The van der Waals surface area contributed by atoms with Gasteiger partial charge in [-0.2, -0.15) is 11.8 Å². The lowest BCUT2D eigenvalue weighted by molar-refractivity contribution is 0.473. The van der Waals surface area contributed by atoms with Gasteiger partial charge in [-0.05, 0) is 37.7 Å². The van der Waals surface area contributed by atoms with E-state index in [-0.39, 0.29) is 0 Å². The van der Waals surface area contributed by atoms with E-state index >= 15 is 0 Å². The molecule has 0 bridgehead atoms. The van der Waals surface area contributed by atoms with Crippen LogP contribution in [0.25, 0.3) is 0 Å². The Bertz CT molecular complexity index is 346. The van der Waals surface area contributed by atoms with Gasteiger partial charge in [0.1, 0.15) is 11.0 Å². The molecule has 0 radical (unpaired) electrons. The van der Waals surface area contributed by atoms with Crippen LogP contribution in [0.1, 0.15) is 25.7 Å². The Morgan fingerprint density at radius 3 is 3.06 bits per heavy atom. The molecule has 1 saturated carbocycles. The maximum absolute atomic E-state index is 5.86. The zero-order valence-electron chi connectivity index (χ0n) is 9.45. The predicted molar refractivity (Wildman–Crippen MR) is 72.4 cm³/mol. The van der Waals surface area contributed by atoms with Crippen molar-refractivity contribution in [1.82, 2.24) is 4.98 Å². The molecule has 0 aliphatic heterocycles. The standard InChI is InChI=1S/C12H17ClN2S/c1-16-10-5-2-4-9(8-10)14-12-7-3-6-11(13)15-12/h3,6-7,9-10H,2,4-5,8H2,1H3,(H,14,15). The summed E-state index contributed by atoms with van der Waals surface area (Å²) in [5, 5.41) is 4.83. The molecule has 4 heteroatoms. The van der Waals surface area contributed by atoms with Gasteiger partial charge in [-0.25, -0.2) is 4.98 Å². The molecule has 0 amide bonds. The number of anilines is 1. The lowest BCUT2D eigenvalue weighted by atomic mass is 9.95. The van der Waals surface area contributed by atoms with Crippen LogP contribution in [0.5, 0.6) is 0 Å². The normalized spacial score (nSPS) is 25.4. The zero-order valence-corrected chi connectivity index (χ0v) is 11.0. The molecule has 2 rings (SSSR count). The van der Waals surface area contributed by atoms with Crippen molar-refractivity contribution < 1.29 is 0 Å². The van der Waals surface area contributed by atoms with E-state index in [1.54, 1.807) is 6.07 Å². The van der Waals surface area contributed by atoms with Gasteiger partial charge in [-0.15, -0.1) is 0 Å². The Morgan fingerprint density at radius 2 is 2.31 bits per heavy atom. The van der Waals surface area contributed by atoms with Crippen molar-refractivity contribution in [3.8, 4) is 0 Å². The third-order valence-corrected chi connectivity index (χ3v) is 4.33. The highest BCUT2D eigenvalue weighted by molar-refractivity contribution is 7.99. The largest absolute Gasteiger partial charge is 0.367 e. The number of pyridine rings is 1. The van der Waals surface area contributed by atoms with E-state index < -0.39 is 0 Å². The minimum Gasteiger partial charge on any atom is -0.367 e. The van der Waals surface area contributed by atoms with Crippen molar-refractivity contribution in [3.05, 3.63) is 23.4 Å². The maximum atomic E-state index is 5.86. The second-order valence-corrected chi connectivity index (χ2v) is 5.74. The molecule has 1 aliphatic carbocycles. The van der Waals surface area contributed by atoms with Gasteiger partial charge in [0.2, 0.25) is 0 Å². The van der Waals surface area contributed by atoms with E-state index in [9.17, 15) is 0 Å². The van der Waals surface area contributed by atoms with Crippen LogP contribution in [0.4, 0.5) is 5.82 Å². The van der Waals surface area contributed by atoms with Crippen LogP contribution in [-0.2, 0) is 0 Å². The summed E-state index contributed by atoms with van der Waals surface area (Å²) in [6.45, 7) is 0. The number of thioether (sulfide) groups is 1. The SMILES string of the molecule is CSC1CCCC(Nc2cccc(Cl)n2)C1. The van der Waals surface area contributed by atoms with Gasteiger partial charge in [0, 0.05) is 11.3 Å². The summed E-state index contributed by atoms with van der Waals surface area (Å²) in [5.41, 5.74) is 0. The first-order valence-corrected chi connectivity index (χ1v) is 7.36. The fourth-order valence-electron chi connectivity index (χ4n) is 2.19. The van der Waals surface area contributed by atoms with Crippen molar-refractivity contribution in [3.63, 3.8) is 0 Å². The molecular weight excluding hydrogens is 240 g/mol. The van der Waals surface area contributed by atoms with Crippen LogP contribution in [-0.4, -0.2) is 22.5 Å². The molecule has 1 fully saturated rings. The average molecular weight is 257 g/mol. The highest BCUT2D eigenvalue weighted by Gasteiger charge is 2.21. The van der Waals surface area contributed by atoms with Crippen LogP contribution >= 0.6 is 23.4 Å². The first kappa shape index (κ1) is 12.1. The highest BCUT2D eigenvalue weighted by Crippen LogP contribution is 2.28. The maximum Gasteiger partial charge on any atom is 0.131 e. The number of halogens is 1. The Morgan fingerprint density at radius 1 is 1.44 bits per heavy atom. The van der Waals surface area contributed by atoms with Crippen molar-refractivity contribution in [1.29, 1.82) is 0 Å². The van der Waals surface area contributed by atoms with Crippen LogP contribution in [0, 0.1) is 0 Å². The Hall–Kier alpha value is -0.410. The number of hydrogen-bond donors (Lipinski definition) is 1. The van der Waals surface area contributed by atoms with Crippen molar-refractivity contribution in [2.75, 3.05) is 11.6 Å². The summed E-state index contributed by atoms with van der Waals surface area (Å²) in [6, 6.07) is 6.27. The molecule has 2 unspecified atom stereocenters. The molecule has 16 heavy (non-hydrogen) atoms. The minimum atomic E-state index is 0.553. The summed E-state index contributed by atoms with van der Waals surface area (Å²) in [6.07, 6.45) is 7.33. The average Bonchev–Trinajstić information content (AvgIpc) is 2.29. The van der Waals surface area contributed by atoms with Gasteiger partial charge < -0.3 is 5.32 Å². The third kappa shape index (κ3) is 3.29. The van der Waals surface area contributed by atoms with Crippen LogP contribution < -0.4 is 5.32 Å². The fourth-order valence-corrected chi connectivity index (χ4v) is 3.18. The van der Waals surface area contributed by atoms with E-state index in [1.165, 1.54) is 25.7 Å². The molecule has 1 N–H and O–H groups in total. The van der Waals surface area contributed by atoms with Gasteiger partial charge in [0.25, 0.3) is 0 Å². The van der Waals surface area contributed by atoms with Gasteiger partial charge in [-0.1, -0.05) is 24.1 Å². The molecule has 0 spiro atoms. The lowest BCUT2D eigenvalue weighted by Crippen LogP contribution is -2.28. The second-order valence-electron chi connectivity index (χ2n) is 4.21. The molecular formula is C12H17ClN2S. The smallest absolute Gasteiger partial charge is 0.131 e. The zero-order chi connectivity index (χ0) is 11.4. The minimum absolute atomic E-state index is 0.553. The molecule has 1 heterocycles. The van der Waals surface area contributed by atoms with Crippen LogP contribution in [0.3, 0.4) is 0 Å².